The van der Waals surface area contributed by atoms with Crippen molar-refractivity contribution in [3.8, 4) is 0 Å². The molecule has 2 aliphatic rings. The zero-order valence-corrected chi connectivity index (χ0v) is 23.5. The number of ether oxygens (including phenoxy) is 1. The van der Waals surface area contributed by atoms with E-state index in [-0.39, 0.29) is 5.41 Å². The molecule has 2 nitrogen and oxygen atoms in total. The minimum atomic E-state index is -0.625. The van der Waals surface area contributed by atoms with E-state index in [1.807, 2.05) is 0 Å². The highest BCUT2D eigenvalue weighted by molar-refractivity contribution is 7.79. The summed E-state index contributed by atoms with van der Waals surface area (Å²) in [6, 6.07) is 31.8. The monoisotopic (exact) mass is 499 g/mol. The molecule has 2 fully saturated rings. The standard InChI is InChI=1S/C33H42NOP/c1-6-34(30-28-22-23-33(5,32(28,3)4)31(30)35-7-2)24-25-16-14-15-21-29(25)36(26-17-10-8-11-18-26)27-19-12-9-13-20-27/h8-21,28,30-31H,6-7,22-24H2,1-5H3/t28-,30-,31-,33+/m1/s1. The third kappa shape index (κ3) is 4.26. The van der Waals surface area contributed by atoms with Crippen molar-refractivity contribution in [2.45, 2.75) is 66.2 Å². The highest BCUT2D eigenvalue weighted by Gasteiger charge is 2.67. The van der Waals surface area contributed by atoms with Crippen molar-refractivity contribution in [3.63, 3.8) is 0 Å². The highest BCUT2D eigenvalue weighted by Crippen LogP contribution is 2.67. The minimum Gasteiger partial charge on any atom is -0.376 e. The van der Waals surface area contributed by atoms with E-state index in [4.69, 9.17) is 4.74 Å². The lowest BCUT2D eigenvalue weighted by molar-refractivity contribution is -0.0777. The molecule has 0 aliphatic heterocycles. The van der Waals surface area contributed by atoms with Crippen molar-refractivity contribution < 1.29 is 4.74 Å². The highest BCUT2D eigenvalue weighted by atomic mass is 31.1. The molecular weight excluding hydrogens is 457 g/mol. The van der Waals surface area contributed by atoms with Crippen LogP contribution in [0.4, 0.5) is 0 Å². The van der Waals surface area contributed by atoms with Crippen LogP contribution in [0.25, 0.3) is 0 Å². The third-order valence-electron chi connectivity index (χ3n) is 9.53. The molecule has 2 saturated carbocycles. The van der Waals surface area contributed by atoms with Gasteiger partial charge in [0.2, 0.25) is 0 Å². The zero-order valence-electron chi connectivity index (χ0n) is 22.7. The first-order valence-corrected chi connectivity index (χ1v) is 15.1. The van der Waals surface area contributed by atoms with Crippen LogP contribution >= 0.6 is 7.92 Å². The molecule has 0 aromatic heterocycles. The summed E-state index contributed by atoms with van der Waals surface area (Å²) in [4.78, 5) is 2.75. The van der Waals surface area contributed by atoms with Gasteiger partial charge in [-0.3, -0.25) is 4.90 Å². The average molecular weight is 500 g/mol. The molecule has 0 unspecified atom stereocenters. The Morgan fingerprint density at radius 1 is 0.833 bits per heavy atom. The van der Waals surface area contributed by atoms with Crippen molar-refractivity contribution in [2.24, 2.45) is 16.7 Å². The van der Waals surface area contributed by atoms with Crippen LogP contribution in [0.5, 0.6) is 0 Å². The number of rotatable bonds is 9. The Bertz CT molecular complexity index is 1110. The molecule has 2 aliphatic carbocycles. The van der Waals surface area contributed by atoms with E-state index in [1.54, 1.807) is 0 Å². The quantitative estimate of drug-likeness (QED) is 0.312. The van der Waals surface area contributed by atoms with Crippen LogP contribution in [0.1, 0.15) is 53.0 Å². The van der Waals surface area contributed by atoms with Crippen LogP contribution in [-0.2, 0) is 11.3 Å². The summed E-state index contributed by atoms with van der Waals surface area (Å²) in [5.41, 5.74) is 2.00. The number of fused-ring (bicyclic) bond motifs is 2. The molecule has 0 amide bonds. The Morgan fingerprint density at radius 2 is 1.42 bits per heavy atom. The van der Waals surface area contributed by atoms with E-state index in [9.17, 15) is 0 Å². The van der Waals surface area contributed by atoms with Gasteiger partial charge in [-0.15, -0.1) is 0 Å². The summed E-state index contributed by atoms with van der Waals surface area (Å²) < 4.78 is 6.59. The van der Waals surface area contributed by atoms with Crippen molar-refractivity contribution in [1.82, 2.24) is 4.90 Å². The van der Waals surface area contributed by atoms with Gasteiger partial charge in [0.15, 0.2) is 0 Å². The second kappa shape index (κ2) is 10.4. The van der Waals surface area contributed by atoms with Gasteiger partial charge in [-0.2, -0.15) is 0 Å². The Morgan fingerprint density at radius 3 is 2.00 bits per heavy atom. The second-order valence-corrected chi connectivity index (χ2v) is 13.5. The molecule has 3 aromatic rings. The van der Waals surface area contributed by atoms with Gasteiger partial charge < -0.3 is 4.74 Å². The summed E-state index contributed by atoms with van der Waals surface area (Å²) >= 11 is 0. The second-order valence-electron chi connectivity index (χ2n) is 11.3. The lowest BCUT2D eigenvalue weighted by atomic mass is 9.70. The molecule has 0 saturated heterocycles. The Hall–Kier alpha value is -1.99. The predicted molar refractivity (Wildman–Crippen MR) is 155 cm³/mol. The molecule has 3 heteroatoms. The van der Waals surface area contributed by atoms with E-state index in [2.05, 4.69) is 124 Å². The van der Waals surface area contributed by atoms with Crippen LogP contribution in [0.3, 0.4) is 0 Å². The van der Waals surface area contributed by atoms with Crippen LogP contribution in [0.2, 0.25) is 0 Å². The topological polar surface area (TPSA) is 12.5 Å². The van der Waals surface area contributed by atoms with Gasteiger partial charge in [0.25, 0.3) is 0 Å². The minimum absolute atomic E-state index is 0.242. The van der Waals surface area contributed by atoms with Crippen molar-refractivity contribution in [2.75, 3.05) is 13.2 Å². The Balaban J connectivity index is 1.54. The number of nitrogens with zero attached hydrogens (tertiary/aromatic N) is 1. The fraction of sp³-hybridized carbons (Fsp3) is 0.455. The largest absolute Gasteiger partial charge is 0.376 e. The van der Waals surface area contributed by atoms with Gasteiger partial charge in [-0.1, -0.05) is 113 Å². The van der Waals surface area contributed by atoms with Gasteiger partial charge in [-0.25, -0.2) is 0 Å². The van der Waals surface area contributed by atoms with E-state index in [0.717, 1.165) is 19.7 Å². The lowest BCUT2D eigenvalue weighted by Crippen LogP contribution is -2.50. The molecule has 0 N–H and O–H groups in total. The maximum absolute atomic E-state index is 6.59. The summed E-state index contributed by atoms with van der Waals surface area (Å²) in [6.07, 6.45) is 2.90. The summed E-state index contributed by atoms with van der Waals surface area (Å²) in [7, 11) is -0.625. The molecule has 5 rings (SSSR count). The molecule has 36 heavy (non-hydrogen) atoms. The normalized spacial score (nSPS) is 26.7. The van der Waals surface area contributed by atoms with Gasteiger partial charge in [0, 0.05) is 24.6 Å². The predicted octanol–water partition coefficient (Wildman–Crippen LogP) is 6.50. The first-order chi connectivity index (χ1) is 17.4. The van der Waals surface area contributed by atoms with E-state index < -0.39 is 7.92 Å². The van der Waals surface area contributed by atoms with Crippen molar-refractivity contribution in [1.29, 1.82) is 0 Å². The molecule has 0 radical (unpaired) electrons. The van der Waals surface area contributed by atoms with Gasteiger partial charge in [0.05, 0.1) is 6.10 Å². The number of hydrogen-bond acceptors (Lipinski definition) is 2. The molecule has 4 atom stereocenters. The van der Waals surface area contributed by atoms with Crippen LogP contribution < -0.4 is 15.9 Å². The van der Waals surface area contributed by atoms with E-state index in [1.165, 1.54) is 34.3 Å². The summed E-state index contributed by atoms with van der Waals surface area (Å²) in [5, 5.41) is 4.30. The number of hydrogen-bond donors (Lipinski definition) is 0. The van der Waals surface area contributed by atoms with E-state index in [0.29, 0.717) is 23.5 Å². The fourth-order valence-corrected chi connectivity index (χ4v) is 9.72. The van der Waals surface area contributed by atoms with E-state index >= 15 is 0 Å². The maximum Gasteiger partial charge on any atom is 0.0791 e. The van der Waals surface area contributed by atoms with Crippen LogP contribution in [0.15, 0.2) is 84.9 Å². The molecule has 0 spiro atoms. The fourth-order valence-electron chi connectivity index (χ4n) is 7.26. The Kier molecular flexibility index (Phi) is 7.42. The Labute approximate surface area is 219 Å². The SMILES string of the molecule is CCO[C@@H]1[C@H](N(CC)Cc2ccccc2P(c2ccccc2)c2ccccc2)[C@H]2CC[C@]1(C)C2(C)C. The number of benzene rings is 3. The molecule has 0 heterocycles. The maximum atomic E-state index is 6.59. The van der Waals surface area contributed by atoms with Gasteiger partial charge in [0.1, 0.15) is 0 Å². The van der Waals surface area contributed by atoms with Gasteiger partial charge >= 0.3 is 0 Å². The lowest BCUT2D eigenvalue weighted by Gasteiger charge is -2.43. The summed E-state index contributed by atoms with van der Waals surface area (Å²) in [5.74, 6) is 0.677. The third-order valence-corrected chi connectivity index (χ3v) is 12.1. The van der Waals surface area contributed by atoms with Gasteiger partial charge in [-0.05, 0) is 67.0 Å². The van der Waals surface area contributed by atoms with Crippen LogP contribution in [0, 0.1) is 16.7 Å². The zero-order chi connectivity index (χ0) is 25.3. The van der Waals surface area contributed by atoms with Crippen LogP contribution in [-0.4, -0.2) is 30.2 Å². The smallest absolute Gasteiger partial charge is 0.0791 e. The number of likely N-dealkylation sites (N-methyl/N-ethyl adjacent to an activating group) is 1. The average Bonchev–Trinajstić information content (AvgIpc) is 3.22. The first kappa shape index (κ1) is 25.7. The summed E-state index contributed by atoms with van der Waals surface area (Å²) in [6.45, 7) is 14.8. The van der Waals surface area contributed by atoms with Crippen molar-refractivity contribution in [3.05, 3.63) is 90.5 Å². The molecule has 2 bridgehead atoms. The molecule has 190 valence electrons. The molecule has 3 aromatic carbocycles. The molecular formula is C33H42NOP. The first-order valence-electron chi connectivity index (χ1n) is 13.8. The van der Waals surface area contributed by atoms with Crippen molar-refractivity contribution >= 4 is 23.8 Å².